The van der Waals surface area contributed by atoms with Gasteiger partial charge >= 0.3 is 0 Å². The summed E-state index contributed by atoms with van der Waals surface area (Å²) in [6, 6.07) is 30.7. The number of aromatic nitrogens is 3. The molecule has 174 valence electrons. The normalized spacial score (nSPS) is 10.7. The molecule has 0 radical (unpaired) electrons. The molecule has 0 unspecified atom stereocenters. The molecule has 0 aliphatic rings. The zero-order valence-electron chi connectivity index (χ0n) is 18.7. The molecule has 1 amide bonds. The van der Waals surface area contributed by atoms with Crippen LogP contribution in [-0.2, 0) is 11.4 Å². The van der Waals surface area contributed by atoms with Crippen LogP contribution in [0.25, 0.3) is 17.3 Å². The van der Waals surface area contributed by atoms with E-state index in [0.717, 1.165) is 22.7 Å². The number of para-hydroxylation sites is 1. The highest BCUT2D eigenvalue weighted by molar-refractivity contribution is 7.99. The van der Waals surface area contributed by atoms with Crippen molar-refractivity contribution in [1.29, 1.82) is 0 Å². The van der Waals surface area contributed by atoms with Gasteiger partial charge in [-0.3, -0.25) is 9.36 Å². The van der Waals surface area contributed by atoms with Crippen LogP contribution in [0.5, 0.6) is 5.75 Å². The van der Waals surface area contributed by atoms with Crippen molar-refractivity contribution in [3.63, 3.8) is 0 Å². The number of nitrogens with zero attached hydrogens (tertiary/aromatic N) is 3. The SMILES string of the molecule is O=C(CSc1nnc(-c2ccco2)n1-c1ccc(OCc2ccccc2)cc1)Nc1ccccc1. The molecule has 7 nitrogen and oxygen atoms in total. The minimum absolute atomic E-state index is 0.125. The lowest BCUT2D eigenvalue weighted by molar-refractivity contribution is -0.113. The van der Waals surface area contributed by atoms with Gasteiger partial charge < -0.3 is 14.5 Å². The first-order chi connectivity index (χ1) is 17.3. The van der Waals surface area contributed by atoms with Crippen molar-refractivity contribution in [1.82, 2.24) is 14.8 Å². The van der Waals surface area contributed by atoms with Crippen LogP contribution >= 0.6 is 11.8 Å². The number of furan rings is 1. The molecule has 3 aromatic carbocycles. The largest absolute Gasteiger partial charge is 0.489 e. The summed E-state index contributed by atoms with van der Waals surface area (Å²) in [4.78, 5) is 12.5. The molecule has 5 rings (SSSR count). The number of nitrogens with one attached hydrogen (secondary N) is 1. The highest BCUT2D eigenvalue weighted by Gasteiger charge is 2.19. The Morgan fingerprint density at radius 2 is 1.63 bits per heavy atom. The fourth-order valence-electron chi connectivity index (χ4n) is 3.44. The number of thioether (sulfide) groups is 1. The van der Waals surface area contributed by atoms with Crippen LogP contribution in [0.2, 0.25) is 0 Å². The van der Waals surface area contributed by atoms with E-state index in [2.05, 4.69) is 15.5 Å². The first-order valence-electron chi connectivity index (χ1n) is 11.0. The highest BCUT2D eigenvalue weighted by atomic mass is 32.2. The van der Waals surface area contributed by atoms with Crippen molar-refractivity contribution >= 4 is 23.4 Å². The highest BCUT2D eigenvalue weighted by Crippen LogP contribution is 2.29. The molecule has 0 saturated heterocycles. The van der Waals surface area contributed by atoms with Gasteiger partial charge in [-0.25, -0.2) is 0 Å². The molecule has 1 N–H and O–H groups in total. The number of carbonyl (C=O) groups is 1. The van der Waals surface area contributed by atoms with E-state index < -0.39 is 0 Å². The zero-order valence-corrected chi connectivity index (χ0v) is 19.5. The maximum absolute atomic E-state index is 12.5. The van der Waals surface area contributed by atoms with Gasteiger partial charge in [0, 0.05) is 5.69 Å². The second-order valence-electron chi connectivity index (χ2n) is 7.59. The predicted molar refractivity (Wildman–Crippen MR) is 136 cm³/mol. The molecule has 0 fully saturated rings. The quantitative estimate of drug-likeness (QED) is 0.266. The number of anilines is 1. The van der Waals surface area contributed by atoms with Crippen LogP contribution in [0.1, 0.15) is 5.56 Å². The minimum atomic E-state index is -0.125. The van der Waals surface area contributed by atoms with E-state index in [1.807, 2.05) is 95.6 Å². The summed E-state index contributed by atoms with van der Waals surface area (Å²) < 4.78 is 13.4. The first-order valence-corrected chi connectivity index (χ1v) is 12.0. The van der Waals surface area contributed by atoms with E-state index in [1.165, 1.54) is 11.8 Å². The summed E-state index contributed by atoms with van der Waals surface area (Å²) in [7, 11) is 0. The Kier molecular flexibility index (Phi) is 6.91. The Morgan fingerprint density at radius 1 is 0.886 bits per heavy atom. The Hall–Kier alpha value is -4.30. The Balaban J connectivity index is 1.34. The third kappa shape index (κ3) is 5.62. The van der Waals surface area contributed by atoms with E-state index in [0.29, 0.717) is 23.3 Å². The number of hydrogen-bond donors (Lipinski definition) is 1. The van der Waals surface area contributed by atoms with Crippen molar-refractivity contribution in [2.45, 2.75) is 11.8 Å². The topological polar surface area (TPSA) is 82.2 Å². The summed E-state index contributed by atoms with van der Waals surface area (Å²) in [5, 5.41) is 12.1. The summed E-state index contributed by atoms with van der Waals surface area (Å²) in [6.45, 7) is 0.488. The lowest BCUT2D eigenvalue weighted by Crippen LogP contribution is -2.14. The van der Waals surface area contributed by atoms with Crippen molar-refractivity contribution in [3.8, 4) is 23.0 Å². The second-order valence-corrected chi connectivity index (χ2v) is 8.53. The van der Waals surface area contributed by atoms with Gasteiger partial charge in [0.2, 0.25) is 11.7 Å². The van der Waals surface area contributed by atoms with Crippen LogP contribution in [-0.4, -0.2) is 26.4 Å². The fourth-order valence-corrected chi connectivity index (χ4v) is 4.19. The summed E-state index contributed by atoms with van der Waals surface area (Å²) in [5.41, 5.74) is 2.68. The fraction of sp³-hybridized carbons (Fsp3) is 0.0741. The van der Waals surface area contributed by atoms with Crippen LogP contribution in [0, 0.1) is 0 Å². The summed E-state index contributed by atoms with van der Waals surface area (Å²) in [6.07, 6.45) is 1.59. The number of carbonyl (C=O) groups excluding carboxylic acids is 1. The van der Waals surface area contributed by atoms with E-state index in [4.69, 9.17) is 9.15 Å². The molecule has 8 heteroatoms. The smallest absolute Gasteiger partial charge is 0.234 e. The summed E-state index contributed by atoms with van der Waals surface area (Å²) in [5.74, 6) is 1.95. The number of hydrogen-bond acceptors (Lipinski definition) is 6. The maximum atomic E-state index is 12.5. The molecule has 0 aliphatic carbocycles. The monoisotopic (exact) mass is 482 g/mol. The molecule has 0 atom stereocenters. The molecule has 0 bridgehead atoms. The summed E-state index contributed by atoms with van der Waals surface area (Å²) >= 11 is 1.30. The van der Waals surface area contributed by atoms with Gasteiger partial charge in [-0.1, -0.05) is 60.3 Å². The Morgan fingerprint density at radius 3 is 2.34 bits per heavy atom. The third-order valence-corrected chi connectivity index (χ3v) is 6.04. The third-order valence-electron chi connectivity index (χ3n) is 5.11. The van der Waals surface area contributed by atoms with E-state index in [1.54, 1.807) is 12.3 Å². The molecular formula is C27H22N4O3S. The molecule has 2 aromatic heterocycles. The Labute approximate surface area is 206 Å². The van der Waals surface area contributed by atoms with Gasteiger partial charge in [-0.2, -0.15) is 0 Å². The molecule has 0 aliphatic heterocycles. The molecule has 2 heterocycles. The molecule has 5 aromatic rings. The van der Waals surface area contributed by atoms with Crippen LogP contribution < -0.4 is 10.1 Å². The molecule has 0 saturated carbocycles. The average molecular weight is 483 g/mol. The van der Waals surface area contributed by atoms with E-state index >= 15 is 0 Å². The standard InChI is InChI=1S/C27H22N4O3S/c32-25(28-21-10-5-2-6-11-21)19-35-27-30-29-26(24-12-7-17-33-24)31(27)22-13-15-23(16-14-22)34-18-20-8-3-1-4-9-20/h1-17H,18-19H2,(H,28,32). The van der Waals surface area contributed by atoms with E-state index in [9.17, 15) is 4.79 Å². The average Bonchev–Trinajstić information content (AvgIpc) is 3.58. The first kappa shape index (κ1) is 22.5. The number of ether oxygens (including phenoxy) is 1. The number of rotatable bonds is 9. The minimum Gasteiger partial charge on any atom is -0.489 e. The maximum Gasteiger partial charge on any atom is 0.234 e. The number of benzene rings is 3. The zero-order chi connectivity index (χ0) is 23.9. The lowest BCUT2D eigenvalue weighted by Gasteiger charge is -2.11. The van der Waals surface area contributed by atoms with Crippen LogP contribution in [0.4, 0.5) is 5.69 Å². The predicted octanol–water partition coefficient (Wildman–Crippen LogP) is 5.84. The van der Waals surface area contributed by atoms with Crippen LogP contribution in [0.15, 0.2) is 113 Å². The van der Waals surface area contributed by atoms with Gasteiger partial charge in [0.25, 0.3) is 0 Å². The molecule has 35 heavy (non-hydrogen) atoms. The van der Waals surface area contributed by atoms with Crippen molar-refractivity contribution in [3.05, 3.63) is 109 Å². The Bertz CT molecular complexity index is 1370. The van der Waals surface area contributed by atoms with Gasteiger partial charge in [0.05, 0.1) is 17.7 Å². The molecule has 0 spiro atoms. The van der Waals surface area contributed by atoms with E-state index in [-0.39, 0.29) is 11.7 Å². The van der Waals surface area contributed by atoms with Crippen molar-refractivity contribution in [2.24, 2.45) is 0 Å². The molecular weight excluding hydrogens is 460 g/mol. The van der Waals surface area contributed by atoms with Crippen molar-refractivity contribution in [2.75, 3.05) is 11.1 Å². The van der Waals surface area contributed by atoms with Gasteiger partial charge in [-0.15, -0.1) is 10.2 Å². The van der Waals surface area contributed by atoms with Gasteiger partial charge in [0.15, 0.2) is 10.9 Å². The number of amides is 1. The lowest BCUT2D eigenvalue weighted by atomic mass is 10.2. The second kappa shape index (κ2) is 10.8. The van der Waals surface area contributed by atoms with Gasteiger partial charge in [-0.05, 0) is 54.1 Å². The van der Waals surface area contributed by atoms with Gasteiger partial charge in [0.1, 0.15) is 12.4 Å². The van der Waals surface area contributed by atoms with Crippen molar-refractivity contribution < 1.29 is 13.9 Å². The van der Waals surface area contributed by atoms with Crippen LogP contribution in [0.3, 0.4) is 0 Å².